The maximum absolute atomic E-state index is 12.0. The minimum Gasteiger partial charge on any atom is -0.478 e. The summed E-state index contributed by atoms with van der Waals surface area (Å²) in [7, 11) is 0. The number of anilines is 1. The summed E-state index contributed by atoms with van der Waals surface area (Å²) in [6.45, 7) is 4.00. The van der Waals surface area contributed by atoms with E-state index < -0.39 is 12.1 Å². The van der Waals surface area contributed by atoms with Crippen molar-refractivity contribution in [3.8, 4) is 33.9 Å². The lowest BCUT2D eigenvalue weighted by molar-refractivity contribution is 0.0694. The Balaban J connectivity index is 1.49. The van der Waals surface area contributed by atoms with Crippen molar-refractivity contribution in [1.82, 2.24) is 5.16 Å². The first-order valence-corrected chi connectivity index (χ1v) is 11.1. The monoisotopic (exact) mass is 472 g/mol. The Morgan fingerprint density at radius 1 is 0.943 bits per heavy atom. The van der Waals surface area contributed by atoms with Gasteiger partial charge in [-0.2, -0.15) is 0 Å². The number of carbonyl (C=O) groups is 2. The van der Waals surface area contributed by atoms with Gasteiger partial charge < -0.3 is 19.1 Å². The van der Waals surface area contributed by atoms with Crippen molar-refractivity contribution in [2.75, 3.05) is 11.9 Å². The van der Waals surface area contributed by atoms with Crippen LogP contribution in [0.25, 0.3) is 22.5 Å². The predicted octanol–water partition coefficient (Wildman–Crippen LogP) is 6.77. The third-order valence-corrected chi connectivity index (χ3v) is 5.21. The smallest absolute Gasteiger partial charge is 0.411 e. The van der Waals surface area contributed by atoms with E-state index in [1.807, 2.05) is 43.3 Å². The zero-order chi connectivity index (χ0) is 24.8. The third-order valence-electron chi connectivity index (χ3n) is 5.21. The number of hydrogen-bond donors (Lipinski definition) is 2. The van der Waals surface area contributed by atoms with Crippen molar-refractivity contribution in [2.45, 2.75) is 20.3 Å². The van der Waals surface area contributed by atoms with Gasteiger partial charge in [-0.25, -0.2) is 9.59 Å². The molecule has 1 amide bonds. The number of carbonyl (C=O) groups excluding carboxylic acids is 1. The first-order valence-electron chi connectivity index (χ1n) is 11.1. The van der Waals surface area contributed by atoms with Crippen LogP contribution in [-0.2, 0) is 4.74 Å². The van der Waals surface area contributed by atoms with Gasteiger partial charge in [-0.15, -0.1) is 0 Å². The molecule has 0 fully saturated rings. The van der Waals surface area contributed by atoms with Crippen LogP contribution < -0.4 is 10.1 Å². The van der Waals surface area contributed by atoms with Crippen LogP contribution in [-0.4, -0.2) is 28.9 Å². The van der Waals surface area contributed by atoms with Gasteiger partial charge in [-0.05, 0) is 48.7 Å². The van der Waals surface area contributed by atoms with Crippen molar-refractivity contribution in [2.24, 2.45) is 0 Å². The lowest BCUT2D eigenvalue weighted by Gasteiger charge is -2.10. The summed E-state index contributed by atoms with van der Waals surface area (Å²) >= 11 is 0. The van der Waals surface area contributed by atoms with Crippen molar-refractivity contribution in [1.29, 1.82) is 0 Å². The molecule has 178 valence electrons. The number of ether oxygens (including phenoxy) is 2. The molecule has 1 aromatic heterocycles. The zero-order valence-corrected chi connectivity index (χ0v) is 19.3. The Labute approximate surface area is 202 Å². The summed E-state index contributed by atoms with van der Waals surface area (Å²) in [4.78, 5) is 23.4. The van der Waals surface area contributed by atoms with E-state index in [9.17, 15) is 14.7 Å². The molecule has 8 nitrogen and oxygen atoms in total. The van der Waals surface area contributed by atoms with Gasteiger partial charge in [0.25, 0.3) is 0 Å². The Kier molecular flexibility index (Phi) is 7.11. The lowest BCUT2D eigenvalue weighted by atomic mass is 10.0. The van der Waals surface area contributed by atoms with Gasteiger partial charge in [-0.3, -0.25) is 5.32 Å². The highest BCUT2D eigenvalue weighted by Gasteiger charge is 2.18. The largest absolute Gasteiger partial charge is 0.478 e. The molecule has 0 unspecified atom stereocenters. The average Bonchev–Trinajstić information content (AvgIpc) is 3.23. The number of carboxylic acid groups (broad SMARTS) is 1. The van der Waals surface area contributed by atoms with Gasteiger partial charge in [0.1, 0.15) is 28.4 Å². The van der Waals surface area contributed by atoms with Crippen LogP contribution in [0.5, 0.6) is 11.5 Å². The van der Waals surface area contributed by atoms with Crippen LogP contribution in [0, 0.1) is 6.92 Å². The summed E-state index contributed by atoms with van der Waals surface area (Å²) in [6, 6.07) is 21.5. The van der Waals surface area contributed by atoms with Crippen LogP contribution in [0.4, 0.5) is 10.5 Å². The highest BCUT2D eigenvalue weighted by molar-refractivity contribution is 5.91. The van der Waals surface area contributed by atoms with Gasteiger partial charge in [0.05, 0.1) is 6.61 Å². The molecule has 3 aromatic carbocycles. The van der Waals surface area contributed by atoms with Crippen LogP contribution >= 0.6 is 0 Å². The number of nitrogens with zero attached hydrogens (tertiary/aromatic N) is 1. The summed E-state index contributed by atoms with van der Waals surface area (Å²) < 4.78 is 16.3. The molecule has 0 spiro atoms. The van der Waals surface area contributed by atoms with Crippen molar-refractivity contribution in [3.63, 3.8) is 0 Å². The Morgan fingerprint density at radius 2 is 1.57 bits per heavy atom. The topological polar surface area (TPSA) is 111 Å². The van der Waals surface area contributed by atoms with Crippen LogP contribution in [0.15, 0.2) is 77.3 Å². The molecule has 0 saturated heterocycles. The van der Waals surface area contributed by atoms with Crippen LogP contribution in [0.1, 0.15) is 29.4 Å². The second kappa shape index (κ2) is 10.6. The minimum absolute atomic E-state index is 0.0994. The molecule has 4 rings (SSSR count). The number of benzene rings is 3. The molecule has 0 aliphatic rings. The van der Waals surface area contributed by atoms with Crippen LogP contribution in [0.2, 0.25) is 0 Å². The maximum atomic E-state index is 12.0. The Hall–Kier alpha value is -4.59. The average molecular weight is 472 g/mol. The van der Waals surface area contributed by atoms with Crippen LogP contribution in [0.3, 0.4) is 0 Å². The molecule has 0 radical (unpaired) electrons. The predicted molar refractivity (Wildman–Crippen MR) is 131 cm³/mol. The number of para-hydroxylation sites is 1. The number of nitrogens with one attached hydrogen (secondary N) is 1. The Morgan fingerprint density at radius 3 is 2.23 bits per heavy atom. The molecule has 0 atom stereocenters. The molecular formula is C27H24N2O6. The van der Waals surface area contributed by atoms with E-state index in [1.165, 1.54) is 6.07 Å². The van der Waals surface area contributed by atoms with E-state index in [0.717, 1.165) is 23.1 Å². The second-order valence-electron chi connectivity index (χ2n) is 7.74. The fourth-order valence-electron chi connectivity index (χ4n) is 3.44. The summed E-state index contributed by atoms with van der Waals surface area (Å²) in [5.74, 6) is 0.211. The highest BCUT2D eigenvalue weighted by atomic mass is 16.5. The molecule has 0 aliphatic carbocycles. The van der Waals surface area contributed by atoms with E-state index in [2.05, 4.69) is 10.5 Å². The maximum Gasteiger partial charge on any atom is 0.411 e. The van der Waals surface area contributed by atoms with Crippen molar-refractivity contribution in [3.05, 3.63) is 84.1 Å². The van der Waals surface area contributed by atoms with E-state index >= 15 is 0 Å². The van der Waals surface area contributed by atoms with E-state index in [1.54, 1.807) is 37.3 Å². The fourth-order valence-corrected chi connectivity index (χ4v) is 3.44. The number of aryl methyl sites for hydroxylation is 1. The summed E-state index contributed by atoms with van der Waals surface area (Å²) in [6.07, 6.45) is 0.178. The highest BCUT2D eigenvalue weighted by Crippen LogP contribution is 2.33. The van der Waals surface area contributed by atoms with Gasteiger partial charge in [-0.1, -0.05) is 60.6 Å². The van der Waals surface area contributed by atoms with E-state index in [4.69, 9.17) is 14.0 Å². The third kappa shape index (κ3) is 5.50. The molecule has 35 heavy (non-hydrogen) atoms. The molecule has 0 bridgehead atoms. The molecule has 0 aliphatic heterocycles. The normalized spacial score (nSPS) is 10.6. The second-order valence-corrected chi connectivity index (χ2v) is 7.74. The molecular weight excluding hydrogens is 448 g/mol. The molecule has 2 N–H and O–H groups in total. The number of amides is 1. The number of hydrogen-bond acceptors (Lipinski definition) is 6. The first-order chi connectivity index (χ1) is 17.0. The number of carboxylic acids is 1. The van der Waals surface area contributed by atoms with E-state index in [-0.39, 0.29) is 11.3 Å². The van der Waals surface area contributed by atoms with Gasteiger partial charge in [0.2, 0.25) is 0 Å². The number of aromatic nitrogens is 1. The van der Waals surface area contributed by atoms with E-state index in [0.29, 0.717) is 29.5 Å². The summed E-state index contributed by atoms with van der Waals surface area (Å²) in [5.41, 5.74) is 3.79. The SMILES string of the molecule is CCCOC(=O)Nc1c(C)noc1-c1ccc(-c2ccc(Oc3ccccc3C(=O)O)cc2)cc1. The molecule has 4 aromatic rings. The van der Waals surface area contributed by atoms with Gasteiger partial charge in [0.15, 0.2) is 5.76 Å². The molecule has 0 saturated carbocycles. The Bertz CT molecular complexity index is 1330. The van der Waals surface area contributed by atoms with Crippen molar-refractivity contribution >= 4 is 17.7 Å². The first kappa shape index (κ1) is 23.6. The van der Waals surface area contributed by atoms with Gasteiger partial charge >= 0.3 is 12.1 Å². The molecule has 1 heterocycles. The lowest BCUT2D eigenvalue weighted by Crippen LogP contribution is -2.14. The standard InChI is InChI=1S/C27H24N2O6/c1-3-16-33-27(32)28-24-17(2)29-35-25(24)20-10-8-18(9-11-20)19-12-14-21(15-13-19)34-23-7-5-4-6-22(23)26(30)31/h4-15H,3,16H2,1-2H3,(H,28,32)(H,30,31). The summed E-state index contributed by atoms with van der Waals surface area (Å²) in [5, 5.41) is 16.0. The number of rotatable bonds is 8. The number of aromatic carboxylic acids is 1. The van der Waals surface area contributed by atoms with Crippen molar-refractivity contribution < 1.29 is 28.7 Å². The minimum atomic E-state index is -1.05. The zero-order valence-electron chi connectivity index (χ0n) is 19.3. The van der Waals surface area contributed by atoms with Gasteiger partial charge in [0, 0.05) is 5.56 Å². The quantitative estimate of drug-likeness (QED) is 0.291. The fraction of sp³-hybridized carbons (Fsp3) is 0.148. The molecule has 8 heteroatoms.